The van der Waals surface area contributed by atoms with Crippen LogP contribution in [-0.2, 0) is 9.53 Å². The van der Waals surface area contributed by atoms with E-state index in [1.165, 1.54) is 0 Å². The van der Waals surface area contributed by atoms with Gasteiger partial charge in [0.05, 0.1) is 24.1 Å². The molecule has 0 spiro atoms. The third-order valence-corrected chi connectivity index (χ3v) is 6.96. The van der Waals surface area contributed by atoms with E-state index in [9.17, 15) is 4.79 Å². The van der Waals surface area contributed by atoms with Gasteiger partial charge in [0, 0.05) is 58.0 Å². The smallest absolute Gasteiger partial charge is 0.219 e. The number of nitrogens with one attached hydrogen (secondary N) is 1. The fourth-order valence-electron chi connectivity index (χ4n) is 5.30. The highest BCUT2D eigenvalue weighted by Gasteiger charge is 2.35. The van der Waals surface area contributed by atoms with Crippen LogP contribution in [-0.4, -0.2) is 86.6 Å². The summed E-state index contributed by atoms with van der Waals surface area (Å²) >= 11 is 0. The normalized spacial score (nSPS) is 25.7. The molecule has 3 aromatic rings. The number of morpholine rings is 1. The second-order valence-corrected chi connectivity index (χ2v) is 9.11. The van der Waals surface area contributed by atoms with Crippen molar-refractivity contribution in [2.45, 2.75) is 44.9 Å². The summed E-state index contributed by atoms with van der Waals surface area (Å²) in [5, 5.41) is 12.1. The number of carbonyl (C=O) groups excluding carboxylic acids is 1. The van der Waals surface area contributed by atoms with Gasteiger partial charge in [-0.1, -0.05) is 0 Å². The number of rotatable bonds is 3. The van der Waals surface area contributed by atoms with E-state index < -0.39 is 0 Å². The number of carbonyl (C=O) groups is 1. The molecule has 1 amide bonds. The molecular formula is C22H28N8O2. The molecule has 168 valence electrons. The third-order valence-electron chi connectivity index (χ3n) is 6.96. The number of ether oxygens (including phenoxy) is 1. The van der Waals surface area contributed by atoms with Crippen molar-refractivity contribution in [3.8, 4) is 11.5 Å². The van der Waals surface area contributed by atoms with Crippen molar-refractivity contribution in [3.63, 3.8) is 0 Å². The molecule has 1 N–H and O–H groups in total. The van der Waals surface area contributed by atoms with E-state index >= 15 is 0 Å². The first-order valence-corrected chi connectivity index (χ1v) is 11.4. The van der Waals surface area contributed by atoms with Crippen LogP contribution in [0.15, 0.2) is 24.5 Å². The van der Waals surface area contributed by atoms with Gasteiger partial charge < -0.3 is 19.4 Å². The first-order valence-electron chi connectivity index (χ1n) is 11.4. The zero-order chi connectivity index (χ0) is 21.8. The molecule has 3 atom stereocenters. The van der Waals surface area contributed by atoms with E-state index in [2.05, 4.69) is 38.0 Å². The van der Waals surface area contributed by atoms with E-state index in [1.54, 1.807) is 13.1 Å². The molecule has 10 nitrogen and oxygen atoms in total. The van der Waals surface area contributed by atoms with Crippen LogP contribution >= 0.6 is 0 Å². The topological polar surface area (TPSA) is 94.9 Å². The van der Waals surface area contributed by atoms with E-state index in [1.807, 2.05) is 21.7 Å². The Hall–Kier alpha value is -3.14. The van der Waals surface area contributed by atoms with Gasteiger partial charge in [0.25, 0.3) is 0 Å². The van der Waals surface area contributed by atoms with E-state index in [-0.39, 0.29) is 24.2 Å². The van der Waals surface area contributed by atoms with Crippen LogP contribution < -0.4 is 9.80 Å². The molecular weight excluding hydrogens is 408 g/mol. The summed E-state index contributed by atoms with van der Waals surface area (Å²) < 4.78 is 7.98. The van der Waals surface area contributed by atoms with Crippen molar-refractivity contribution < 1.29 is 9.53 Å². The zero-order valence-corrected chi connectivity index (χ0v) is 18.4. The van der Waals surface area contributed by atoms with Crippen molar-refractivity contribution >= 4 is 22.9 Å². The van der Waals surface area contributed by atoms with Crippen LogP contribution in [0, 0.1) is 0 Å². The molecule has 3 aromatic heterocycles. The number of aromatic nitrogens is 5. The highest BCUT2D eigenvalue weighted by atomic mass is 16.5. The van der Waals surface area contributed by atoms with Crippen LogP contribution in [0.2, 0.25) is 0 Å². The van der Waals surface area contributed by atoms with Gasteiger partial charge in [-0.25, -0.2) is 9.50 Å². The van der Waals surface area contributed by atoms with Gasteiger partial charge in [-0.05, 0) is 25.8 Å². The summed E-state index contributed by atoms with van der Waals surface area (Å²) in [6, 6.07) is 4.29. The van der Waals surface area contributed by atoms with Crippen molar-refractivity contribution in [1.29, 1.82) is 0 Å². The predicted molar refractivity (Wildman–Crippen MR) is 120 cm³/mol. The quantitative estimate of drug-likeness (QED) is 0.666. The molecule has 0 radical (unpaired) electrons. The van der Waals surface area contributed by atoms with Gasteiger partial charge in [0.15, 0.2) is 11.6 Å². The van der Waals surface area contributed by atoms with Gasteiger partial charge in [-0.3, -0.25) is 9.89 Å². The minimum atomic E-state index is 0.131. The molecule has 3 saturated heterocycles. The average molecular weight is 437 g/mol. The number of imidazole rings is 1. The number of hydrogen-bond acceptors (Lipinski definition) is 7. The molecule has 10 heteroatoms. The molecule has 0 saturated carbocycles. The second kappa shape index (κ2) is 7.47. The maximum Gasteiger partial charge on any atom is 0.219 e. The SMILES string of the molecule is CC(=O)N1CCN(c2cc(N3CC4CCC(C3)O4)nn3c(-c4ccn[nH]4)ncc23)[C@H](C)C1. The summed E-state index contributed by atoms with van der Waals surface area (Å²) in [6.45, 7) is 7.73. The number of hydrogen-bond donors (Lipinski definition) is 1. The largest absolute Gasteiger partial charge is 0.371 e. The van der Waals surface area contributed by atoms with Crippen LogP contribution in [0.1, 0.15) is 26.7 Å². The van der Waals surface area contributed by atoms with Crippen LogP contribution in [0.25, 0.3) is 17.0 Å². The fraction of sp³-hybridized carbons (Fsp3) is 0.545. The number of piperazine rings is 1. The Morgan fingerprint density at radius 2 is 2.00 bits per heavy atom. The first kappa shape index (κ1) is 19.5. The maximum absolute atomic E-state index is 11.9. The van der Waals surface area contributed by atoms with Gasteiger partial charge in [0.2, 0.25) is 5.91 Å². The molecule has 6 heterocycles. The molecule has 3 aliphatic heterocycles. The molecule has 2 bridgehead atoms. The molecule has 3 fully saturated rings. The lowest BCUT2D eigenvalue weighted by Crippen LogP contribution is -2.53. The predicted octanol–water partition coefficient (Wildman–Crippen LogP) is 1.54. The third kappa shape index (κ3) is 3.21. The Morgan fingerprint density at radius 1 is 1.19 bits per heavy atom. The van der Waals surface area contributed by atoms with E-state index in [0.29, 0.717) is 13.1 Å². The Morgan fingerprint density at radius 3 is 2.69 bits per heavy atom. The lowest BCUT2D eigenvalue weighted by Gasteiger charge is -2.41. The second-order valence-electron chi connectivity index (χ2n) is 9.11. The highest BCUT2D eigenvalue weighted by molar-refractivity contribution is 5.79. The van der Waals surface area contributed by atoms with E-state index in [0.717, 1.165) is 61.0 Å². The molecule has 0 aliphatic carbocycles. The first-order chi connectivity index (χ1) is 15.6. The van der Waals surface area contributed by atoms with Crippen molar-refractivity contribution in [2.75, 3.05) is 42.5 Å². The Bertz CT molecular complexity index is 1130. The summed E-state index contributed by atoms with van der Waals surface area (Å²) in [7, 11) is 0. The minimum Gasteiger partial charge on any atom is -0.371 e. The number of amides is 1. The number of H-pyrrole nitrogens is 1. The maximum atomic E-state index is 11.9. The molecule has 3 aliphatic rings. The van der Waals surface area contributed by atoms with Crippen molar-refractivity contribution in [3.05, 3.63) is 24.5 Å². The number of nitrogens with zero attached hydrogens (tertiary/aromatic N) is 7. The van der Waals surface area contributed by atoms with Gasteiger partial charge in [-0.2, -0.15) is 5.10 Å². The Balaban J connectivity index is 1.44. The van der Waals surface area contributed by atoms with Gasteiger partial charge in [0.1, 0.15) is 11.2 Å². The standard InChI is InChI=1S/C22H28N8O2/c1-14-11-27(15(2)31)7-8-29(14)19-9-21(28-12-16-3-4-17(13-28)32-16)26-30-20(19)10-23-22(30)18-5-6-24-25-18/h5-6,9-10,14,16-17H,3-4,7-8,11-13H2,1-2H3,(H,24,25)/t14-,16?,17?/m1/s1. The Kier molecular flexibility index (Phi) is 4.56. The summed E-state index contributed by atoms with van der Waals surface area (Å²) in [4.78, 5) is 23.3. The molecule has 32 heavy (non-hydrogen) atoms. The van der Waals surface area contributed by atoms with Gasteiger partial charge in [-0.15, -0.1) is 5.10 Å². The zero-order valence-electron chi connectivity index (χ0n) is 18.4. The molecule has 6 rings (SSSR count). The monoisotopic (exact) mass is 436 g/mol. The van der Waals surface area contributed by atoms with Gasteiger partial charge >= 0.3 is 0 Å². The summed E-state index contributed by atoms with van der Waals surface area (Å²) in [5.74, 6) is 1.81. The van der Waals surface area contributed by atoms with Crippen LogP contribution in [0.4, 0.5) is 11.5 Å². The average Bonchev–Trinajstić information content (AvgIpc) is 3.52. The highest BCUT2D eigenvalue weighted by Crippen LogP contribution is 2.34. The molecule has 0 aromatic carbocycles. The molecule has 2 unspecified atom stereocenters. The van der Waals surface area contributed by atoms with E-state index in [4.69, 9.17) is 9.84 Å². The lowest BCUT2D eigenvalue weighted by atomic mass is 10.1. The summed E-state index contributed by atoms with van der Waals surface area (Å²) in [6.07, 6.45) is 6.40. The van der Waals surface area contributed by atoms with Crippen LogP contribution in [0.5, 0.6) is 0 Å². The summed E-state index contributed by atoms with van der Waals surface area (Å²) in [5.41, 5.74) is 2.89. The fourth-order valence-corrected chi connectivity index (χ4v) is 5.30. The number of fused-ring (bicyclic) bond motifs is 3. The minimum absolute atomic E-state index is 0.131. The van der Waals surface area contributed by atoms with Crippen molar-refractivity contribution in [1.82, 2.24) is 29.7 Å². The number of anilines is 2. The number of aromatic amines is 1. The van der Waals surface area contributed by atoms with Crippen molar-refractivity contribution in [2.24, 2.45) is 0 Å². The van der Waals surface area contributed by atoms with Crippen LogP contribution in [0.3, 0.4) is 0 Å². The Labute approximate surface area is 186 Å². The lowest BCUT2D eigenvalue weighted by molar-refractivity contribution is -0.129.